The van der Waals surface area contributed by atoms with E-state index in [0.29, 0.717) is 11.8 Å². The van der Waals surface area contributed by atoms with Crippen LogP contribution < -0.4 is 5.32 Å². The predicted molar refractivity (Wildman–Crippen MR) is 91.5 cm³/mol. The number of aliphatic imine (C=N–C) groups is 1. The summed E-state index contributed by atoms with van der Waals surface area (Å²) in [6.07, 6.45) is 2.81. The summed E-state index contributed by atoms with van der Waals surface area (Å²) in [6.45, 7) is 4.95. The minimum Gasteiger partial charge on any atom is -0.312 e. The topological polar surface area (TPSA) is 44.7 Å². The molecule has 1 saturated heterocycles. The first-order valence-electron chi connectivity index (χ1n) is 8.47. The maximum absolute atomic E-state index is 12.6. The summed E-state index contributed by atoms with van der Waals surface area (Å²) in [5, 5.41) is 3.78. The van der Waals surface area contributed by atoms with E-state index < -0.39 is 5.54 Å². The normalized spacial score (nSPS) is 33.1. The number of fused-ring (bicyclic) bond motifs is 2. The zero-order valence-electron chi connectivity index (χ0n) is 13.4. The van der Waals surface area contributed by atoms with Gasteiger partial charge < -0.3 is 5.32 Å². The zero-order chi connectivity index (χ0) is 16.0. The largest absolute Gasteiger partial charge is 0.312 e. The lowest BCUT2D eigenvalue weighted by molar-refractivity contribution is -0.125. The van der Waals surface area contributed by atoms with Gasteiger partial charge in [0.05, 0.1) is 0 Å². The Morgan fingerprint density at radius 2 is 2.30 bits per heavy atom. The summed E-state index contributed by atoms with van der Waals surface area (Å²) in [5.74, 6) is 1.93. The fourth-order valence-electron chi connectivity index (χ4n) is 4.55. The summed E-state index contributed by atoms with van der Waals surface area (Å²) in [4.78, 5) is 19.8. The Bertz CT molecular complexity index is 674. The van der Waals surface area contributed by atoms with Gasteiger partial charge in [-0.05, 0) is 36.5 Å². The van der Waals surface area contributed by atoms with Gasteiger partial charge in [-0.25, -0.2) is 0 Å². The van der Waals surface area contributed by atoms with Gasteiger partial charge in [0, 0.05) is 37.0 Å². The van der Waals surface area contributed by atoms with E-state index in [2.05, 4.69) is 16.3 Å². The van der Waals surface area contributed by atoms with Crippen molar-refractivity contribution in [1.29, 1.82) is 0 Å². The summed E-state index contributed by atoms with van der Waals surface area (Å²) < 4.78 is 0. The summed E-state index contributed by atoms with van der Waals surface area (Å²) in [7, 11) is 0. The van der Waals surface area contributed by atoms with E-state index in [4.69, 9.17) is 16.6 Å². The van der Waals surface area contributed by atoms with Crippen LogP contribution in [0.25, 0.3) is 0 Å². The number of hydrogen-bond donors (Lipinski definition) is 1. The second-order valence-electron chi connectivity index (χ2n) is 7.02. The molecule has 1 aliphatic carbocycles. The van der Waals surface area contributed by atoms with Crippen molar-refractivity contribution in [1.82, 2.24) is 10.2 Å². The van der Waals surface area contributed by atoms with Gasteiger partial charge in [0.25, 0.3) is 5.91 Å². The smallest absolute Gasteiger partial charge is 0.253 e. The number of hydrogen-bond acceptors (Lipinski definition) is 3. The van der Waals surface area contributed by atoms with Crippen LogP contribution in [0.4, 0.5) is 0 Å². The molecule has 122 valence electrons. The van der Waals surface area contributed by atoms with Gasteiger partial charge in [-0.1, -0.05) is 30.7 Å². The molecule has 1 aromatic carbocycles. The Kier molecular flexibility index (Phi) is 3.69. The maximum Gasteiger partial charge on any atom is 0.253 e. The van der Waals surface area contributed by atoms with Gasteiger partial charge >= 0.3 is 0 Å². The van der Waals surface area contributed by atoms with Crippen LogP contribution in [-0.2, 0) is 11.3 Å². The Labute approximate surface area is 141 Å². The molecule has 2 aliphatic heterocycles. The van der Waals surface area contributed by atoms with Crippen molar-refractivity contribution in [3.63, 3.8) is 0 Å². The second-order valence-corrected chi connectivity index (χ2v) is 7.46. The van der Waals surface area contributed by atoms with E-state index in [1.165, 1.54) is 5.56 Å². The number of benzene rings is 1. The second kappa shape index (κ2) is 5.60. The minimum absolute atomic E-state index is 0.131. The number of carbonyl (C=O) groups excluding carboxylic acids is 1. The molecule has 2 fully saturated rings. The summed E-state index contributed by atoms with van der Waals surface area (Å²) in [5.41, 5.74) is 0.749. The molecule has 0 unspecified atom stereocenters. The Morgan fingerprint density at radius 1 is 1.43 bits per heavy atom. The quantitative estimate of drug-likeness (QED) is 0.925. The number of amides is 1. The lowest BCUT2D eigenvalue weighted by Gasteiger charge is -2.25. The summed E-state index contributed by atoms with van der Waals surface area (Å²) >= 11 is 6.09. The van der Waals surface area contributed by atoms with Crippen molar-refractivity contribution in [2.75, 3.05) is 13.1 Å². The molecule has 1 aromatic rings. The number of nitrogens with one attached hydrogen (secondary N) is 1. The van der Waals surface area contributed by atoms with Crippen molar-refractivity contribution in [3.05, 3.63) is 34.9 Å². The standard InChI is InChI=1S/C18H22ClN3O/c1-2-16-20-17(23)18(21-16)7-6-13-10-22(11-15(13)18)9-12-4-3-5-14(19)8-12/h3-5,8,13,15H,2,6-7,9-11H2,1H3,(H,20,21,23)/t13-,15+,18-/m1/s1. The lowest BCUT2D eigenvalue weighted by atomic mass is 9.85. The number of nitrogens with zero attached hydrogens (tertiary/aromatic N) is 2. The fourth-order valence-corrected chi connectivity index (χ4v) is 4.77. The molecule has 2 heterocycles. The average molecular weight is 332 g/mol. The third kappa shape index (κ3) is 2.48. The minimum atomic E-state index is -0.487. The van der Waals surface area contributed by atoms with Gasteiger partial charge in [0.15, 0.2) is 0 Å². The van der Waals surface area contributed by atoms with E-state index in [9.17, 15) is 4.79 Å². The summed E-state index contributed by atoms with van der Waals surface area (Å²) in [6, 6.07) is 8.05. The zero-order valence-corrected chi connectivity index (χ0v) is 14.1. The molecule has 1 N–H and O–H groups in total. The van der Waals surface area contributed by atoms with Gasteiger partial charge in [-0.15, -0.1) is 0 Å². The molecular formula is C18H22ClN3O. The Balaban J connectivity index is 1.52. The third-order valence-electron chi connectivity index (χ3n) is 5.64. The predicted octanol–water partition coefficient (Wildman–Crippen LogP) is 2.86. The molecule has 5 heteroatoms. The van der Waals surface area contributed by atoms with Crippen LogP contribution >= 0.6 is 11.6 Å². The Hall–Kier alpha value is -1.39. The third-order valence-corrected chi connectivity index (χ3v) is 5.88. The van der Waals surface area contributed by atoms with Crippen LogP contribution in [-0.4, -0.2) is 35.3 Å². The molecule has 0 radical (unpaired) electrons. The number of halogens is 1. The number of carbonyl (C=O) groups is 1. The van der Waals surface area contributed by atoms with Crippen molar-refractivity contribution >= 4 is 23.3 Å². The molecule has 1 amide bonds. The monoisotopic (exact) mass is 331 g/mol. The van der Waals surface area contributed by atoms with Crippen LogP contribution in [0.1, 0.15) is 31.7 Å². The Morgan fingerprint density at radius 3 is 3.04 bits per heavy atom. The lowest BCUT2D eigenvalue weighted by Crippen LogP contribution is -2.44. The van der Waals surface area contributed by atoms with Crippen LogP contribution in [0.15, 0.2) is 29.3 Å². The first kappa shape index (κ1) is 15.2. The highest BCUT2D eigenvalue weighted by atomic mass is 35.5. The molecule has 3 aliphatic rings. The van der Waals surface area contributed by atoms with Crippen molar-refractivity contribution in [2.45, 2.75) is 38.3 Å². The number of amidine groups is 1. The SMILES string of the molecule is CCC1=N[C@@]2(CC[C@@H]3CN(Cc4cccc(Cl)c4)C[C@@H]32)C(=O)N1. The number of likely N-dealkylation sites (tertiary alicyclic amines) is 1. The highest BCUT2D eigenvalue weighted by molar-refractivity contribution is 6.30. The molecule has 1 saturated carbocycles. The molecular weight excluding hydrogens is 310 g/mol. The van der Waals surface area contributed by atoms with Gasteiger partial charge in [0.1, 0.15) is 11.4 Å². The van der Waals surface area contributed by atoms with Gasteiger partial charge in [0.2, 0.25) is 0 Å². The van der Waals surface area contributed by atoms with Crippen LogP contribution in [0.3, 0.4) is 0 Å². The molecule has 3 atom stereocenters. The van der Waals surface area contributed by atoms with E-state index >= 15 is 0 Å². The number of rotatable bonds is 3. The van der Waals surface area contributed by atoms with Crippen molar-refractivity contribution < 1.29 is 4.79 Å². The molecule has 4 nitrogen and oxygen atoms in total. The van der Waals surface area contributed by atoms with E-state index in [1.807, 2.05) is 25.1 Å². The molecule has 0 bridgehead atoms. The first-order valence-corrected chi connectivity index (χ1v) is 8.85. The molecule has 0 aromatic heterocycles. The highest BCUT2D eigenvalue weighted by Crippen LogP contribution is 2.49. The van der Waals surface area contributed by atoms with E-state index in [-0.39, 0.29) is 5.91 Å². The molecule has 4 rings (SSSR count). The fraction of sp³-hybridized carbons (Fsp3) is 0.556. The molecule has 1 spiro atoms. The average Bonchev–Trinajstić information content (AvgIpc) is 3.16. The van der Waals surface area contributed by atoms with Crippen LogP contribution in [0.2, 0.25) is 5.02 Å². The van der Waals surface area contributed by atoms with Crippen LogP contribution in [0.5, 0.6) is 0 Å². The maximum atomic E-state index is 12.6. The van der Waals surface area contributed by atoms with Gasteiger partial charge in [-0.2, -0.15) is 0 Å². The van der Waals surface area contributed by atoms with E-state index in [0.717, 1.165) is 49.8 Å². The van der Waals surface area contributed by atoms with E-state index in [1.54, 1.807) is 0 Å². The van der Waals surface area contributed by atoms with Gasteiger partial charge in [-0.3, -0.25) is 14.7 Å². The first-order chi connectivity index (χ1) is 11.1. The van der Waals surface area contributed by atoms with Crippen molar-refractivity contribution in [2.24, 2.45) is 16.8 Å². The van der Waals surface area contributed by atoms with Crippen molar-refractivity contribution in [3.8, 4) is 0 Å². The highest BCUT2D eigenvalue weighted by Gasteiger charge is 2.58. The van der Waals surface area contributed by atoms with Crippen LogP contribution in [0, 0.1) is 11.8 Å². The molecule has 23 heavy (non-hydrogen) atoms.